The number of benzene rings is 1. The van der Waals surface area contributed by atoms with E-state index in [0.717, 1.165) is 6.07 Å². The zero-order chi connectivity index (χ0) is 15.0. The summed E-state index contributed by atoms with van der Waals surface area (Å²) in [6.07, 6.45) is 0. The van der Waals surface area contributed by atoms with Crippen LogP contribution in [0, 0.1) is 18.7 Å². The van der Waals surface area contributed by atoms with E-state index < -0.39 is 15.8 Å². The lowest BCUT2D eigenvalue weighted by Gasteiger charge is -2.27. The van der Waals surface area contributed by atoms with Crippen LogP contribution in [0.2, 0.25) is 0 Å². The van der Waals surface area contributed by atoms with Gasteiger partial charge in [-0.05, 0) is 37.5 Å². The maximum atomic E-state index is 13.3. The van der Waals surface area contributed by atoms with E-state index in [1.165, 1.54) is 17.4 Å². The third-order valence-electron chi connectivity index (χ3n) is 3.49. The number of aryl methyl sites for hydroxylation is 1. The van der Waals surface area contributed by atoms with Crippen LogP contribution in [0.3, 0.4) is 0 Å². The predicted molar refractivity (Wildman–Crippen MR) is 74.8 cm³/mol. The molecular formula is C13H21FN2O2S. The molecule has 0 heterocycles. The van der Waals surface area contributed by atoms with E-state index in [0.29, 0.717) is 5.56 Å². The van der Waals surface area contributed by atoms with Crippen LogP contribution in [0.1, 0.15) is 26.3 Å². The van der Waals surface area contributed by atoms with Crippen molar-refractivity contribution in [2.75, 3.05) is 12.8 Å². The van der Waals surface area contributed by atoms with Crippen molar-refractivity contribution in [3.63, 3.8) is 0 Å². The van der Waals surface area contributed by atoms with E-state index in [2.05, 4.69) is 0 Å². The minimum absolute atomic E-state index is 0.0569. The molecule has 2 N–H and O–H groups in total. The van der Waals surface area contributed by atoms with Crippen LogP contribution < -0.4 is 5.73 Å². The molecule has 0 aliphatic heterocycles. The second-order valence-corrected chi connectivity index (χ2v) is 7.11. The first-order chi connectivity index (χ1) is 8.59. The Hall–Kier alpha value is -1.14. The quantitative estimate of drug-likeness (QED) is 0.865. The summed E-state index contributed by atoms with van der Waals surface area (Å²) >= 11 is 0. The van der Waals surface area contributed by atoms with Crippen molar-refractivity contribution < 1.29 is 12.8 Å². The highest BCUT2D eigenvalue weighted by atomic mass is 32.2. The molecule has 1 rings (SSSR count). The lowest BCUT2D eigenvalue weighted by atomic mass is 10.1. The molecule has 0 saturated heterocycles. The zero-order valence-corrected chi connectivity index (χ0v) is 12.8. The minimum atomic E-state index is -3.67. The maximum Gasteiger partial charge on any atom is 0.243 e. The van der Waals surface area contributed by atoms with Crippen LogP contribution >= 0.6 is 0 Å². The topological polar surface area (TPSA) is 63.4 Å². The number of rotatable bonds is 4. The van der Waals surface area contributed by atoms with Crippen LogP contribution in [0.4, 0.5) is 10.1 Å². The first-order valence-electron chi connectivity index (χ1n) is 6.12. The molecule has 1 atom stereocenters. The van der Waals surface area contributed by atoms with Crippen molar-refractivity contribution in [1.82, 2.24) is 4.31 Å². The Bertz CT molecular complexity index is 570. The Morgan fingerprint density at radius 2 is 1.79 bits per heavy atom. The first kappa shape index (κ1) is 15.9. The van der Waals surface area contributed by atoms with Crippen LogP contribution in [-0.4, -0.2) is 25.8 Å². The second kappa shape index (κ2) is 5.46. The highest BCUT2D eigenvalue weighted by Crippen LogP contribution is 2.26. The molecule has 19 heavy (non-hydrogen) atoms. The average molecular weight is 288 g/mol. The molecule has 0 saturated carbocycles. The minimum Gasteiger partial charge on any atom is -0.396 e. The molecule has 0 amide bonds. The lowest BCUT2D eigenvalue weighted by molar-refractivity contribution is 0.315. The summed E-state index contributed by atoms with van der Waals surface area (Å²) in [6.45, 7) is 7.29. The lowest BCUT2D eigenvalue weighted by Crippen LogP contribution is -2.38. The summed E-state index contributed by atoms with van der Waals surface area (Å²) in [5.74, 6) is -0.422. The van der Waals surface area contributed by atoms with Gasteiger partial charge in [0.25, 0.3) is 0 Å². The van der Waals surface area contributed by atoms with Crippen molar-refractivity contribution in [2.24, 2.45) is 5.92 Å². The molecule has 108 valence electrons. The van der Waals surface area contributed by atoms with Gasteiger partial charge in [0.2, 0.25) is 10.0 Å². The molecule has 0 aliphatic carbocycles. The highest BCUT2D eigenvalue weighted by Gasteiger charge is 2.28. The summed E-state index contributed by atoms with van der Waals surface area (Å²) in [6, 6.07) is 2.18. The number of hydrogen-bond donors (Lipinski definition) is 1. The Morgan fingerprint density at radius 1 is 1.26 bits per heavy atom. The zero-order valence-electron chi connectivity index (χ0n) is 11.9. The SMILES string of the molecule is Cc1cc(F)c(N)cc1S(=O)(=O)N(C)C(C)C(C)C. The Kier molecular flexibility index (Phi) is 4.58. The molecule has 0 fully saturated rings. The third kappa shape index (κ3) is 3.06. The number of hydrogen-bond acceptors (Lipinski definition) is 3. The molecule has 6 heteroatoms. The summed E-state index contributed by atoms with van der Waals surface area (Å²) in [4.78, 5) is 0.0569. The number of nitrogens with two attached hydrogens (primary N) is 1. The Balaban J connectivity index is 3.32. The van der Waals surface area contributed by atoms with Gasteiger partial charge in [0.15, 0.2) is 0 Å². The number of sulfonamides is 1. The largest absolute Gasteiger partial charge is 0.396 e. The van der Waals surface area contributed by atoms with E-state index in [-0.39, 0.29) is 22.5 Å². The van der Waals surface area contributed by atoms with E-state index in [9.17, 15) is 12.8 Å². The van der Waals surface area contributed by atoms with Crippen LogP contribution in [0.25, 0.3) is 0 Å². The predicted octanol–water partition coefficient (Wildman–Crippen LogP) is 2.38. The first-order valence-corrected chi connectivity index (χ1v) is 7.56. The van der Waals surface area contributed by atoms with E-state index in [1.807, 2.05) is 20.8 Å². The van der Waals surface area contributed by atoms with Gasteiger partial charge in [-0.15, -0.1) is 0 Å². The molecule has 1 unspecified atom stereocenters. The fourth-order valence-electron chi connectivity index (χ4n) is 1.74. The number of nitrogens with zero attached hydrogens (tertiary/aromatic N) is 1. The Morgan fingerprint density at radius 3 is 2.26 bits per heavy atom. The third-order valence-corrected chi connectivity index (χ3v) is 5.58. The van der Waals surface area contributed by atoms with Crippen molar-refractivity contribution in [2.45, 2.75) is 38.6 Å². The van der Waals surface area contributed by atoms with Gasteiger partial charge >= 0.3 is 0 Å². The number of halogens is 1. The van der Waals surface area contributed by atoms with Crippen LogP contribution in [0.15, 0.2) is 17.0 Å². The van der Waals surface area contributed by atoms with Gasteiger partial charge in [0, 0.05) is 13.1 Å². The van der Waals surface area contributed by atoms with Crippen molar-refractivity contribution in [1.29, 1.82) is 0 Å². The van der Waals surface area contributed by atoms with Crippen molar-refractivity contribution >= 4 is 15.7 Å². The normalized spacial score (nSPS) is 14.1. The summed E-state index contributed by atoms with van der Waals surface area (Å²) < 4.78 is 39.6. The monoisotopic (exact) mass is 288 g/mol. The van der Waals surface area contributed by atoms with Gasteiger partial charge in [-0.1, -0.05) is 13.8 Å². The standard InChI is InChI=1S/C13H21FN2O2S/c1-8(2)10(4)16(5)19(17,18)13-7-12(15)11(14)6-9(13)3/h6-8,10H,15H2,1-5H3. The van der Waals surface area contributed by atoms with E-state index in [4.69, 9.17) is 5.73 Å². The molecular weight excluding hydrogens is 267 g/mol. The average Bonchev–Trinajstić information content (AvgIpc) is 2.31. The maximum absolute atomic E-state index is 13.3. The second-order valence-electron chi connectivity index (χ2n) is 5.15. The van der Waals surface area contributed by atoms with Gasteiger partial charge < -0.3 is 5.73 Å². The summed E-state index contributed by atoms with van der Waals surface area (Å²) in [5.41, 5.74) is 5.66. The fraction of sp³-hybridized carbons (Fsp3) is 0.538. The fourth-order valence-corrected chi connectivity index (χ4v) is 3.47. The van der Waals surface area contributed by atoms with Gasteiger partial charge in [0.05, 0.1) is 10.6 Å². The van der Waals surface area contributed by atoms with Gasteiger partial charge in [0.1, 0.15) is 5.82 Å². The molecule has 0 radical (unpaired) electrons. The molecule has 0 spiro atoms. The summed E-state index contributed by atoms with van der Waals surface area (Å²) in [5, 5.41) is 0. The molecule has 1 aromatic carbocycles. The molecule has 0 aromatic heterocycles. The number of nitrogen functional groups attached to an aromatic ring is 1. The highest BCUT2D eigenvalue weighted by molar-refractivity contribution is 7.89. The van der Waals surface area contributed by atoms with Crippen LogP contribution in [-0.2, 0) is 10.0 Å². The van der Waals surface area contributed by atoms with Crippen molar-refractivity contribution in [3.05, 3.63) is 23.5 Å². The van der Waals surface area contributed by atoms with Crippen molar-refractivity contribution in [3.8, 4) is 0 Å². The smallest absolute Gasteiger partial charge is 0.243 e. The number of anilines is 1. The van der Waals surface area contributed by atoms with Crippen LogP contribution in [0.5, 0.6) is 0 Å². The Labute approximate surface area is 114 Å². The summed E-state index contributed by atoms with van der Waals surface area (Å²) in [7, 11) is -2.14. The van der Waals surface area contributed by atoms with Gasteiger partial charge in [-0.2, -0.15) is 4.31 Å². The molecule has 0 bridgehead atoms. The molecule has 1 aromatic rings. The molecule has 4 nitrogen and oxygen atoms in total. The van der Waals surface area contributed by atoms with E-state index in [1.54, 1.807) is 6.92 Å². The van der Waals surface area contributed by atoms with Gasteiger partial charge in [-0.3, -0.25) is 0 Å². The van der Waals surface area contributed by atoms with Gasteiger partial charge in [-0.25, -0.2) is 12.8 Å². The van der Waals surface area contributed by atoms with E-state index >= 15 is 0 Å². The molecule has 0 aliphatic rings.